The van der Waals surface area contributed by atoms with Gasteiger partial charge in [-0.3, -0.25) is 0 Å². The summed E-state index contributed by atoms with van der Waals surface area (Å²) in [6.07, 6.45) is 14.9. The van der Waals surface area contributed by atoms with E-state index in [1.54, 1.807) is 17.4 Å². The molecule has 2 aliphatic rings. The number of thiazole rings is 1. The Morgan fingerprint density at radius 3 is 2.39 bits per heavy atom. The number of rotatable bonds is 16. The molecular formula is C29H46N4O4S. The average molecular weight is 547 g/mol. The number of carboxylic acid groups (broad SMARTS) is 1. The van der Waals surface area contributed by atoms with Crippen molar-refractivity contribution in [2.45, 2.75) is 96.6 Å². The first-order valence-corrected chi connectivity index (χ1v) is 15.1. The Morgan fingerprint density at radius 1 is 1.13 bits per heavy atom. The minimum Gasteiger partial charge on any atom is -0.477 e. The number of aromatic carboxylic acids is 1. The van der Waals surface area contributed by atoms with E-state index in [1.165, 1.54) is 62.4 Å². The molecule has 1 saturated heterocycles. The van der Waals surface area contributed by atoms with Crippen LogP contribution in [0.1, 0.15) is 100 Å². The van der Waals surface area contributed by atoms with E-state index in [0.29, 0.717) is 31.5 Å². The minimum absolute atomic E-state index is 0.0179. The Bertz CT molecular complexity index is 959. The standard InChI is InChI=1S/C16H30N2S.C13H16N2O4/c1-4-5-6-7-8-9-10-11-12-18-16(2,3)15-17-13-14-19-15;16-9-5-15(6-9)11-4-3-10(13(17)18)14-12(11)19-7-8-1-2-8/h13-14,18H,4-12H2,1-3H3;3-4,8-9,16H,1-2,5-7H2,(H,17,18). The summed E-state index contributed by atoms with van der Waals surface area (Å²) in [7, 11) is 0. The van der Waals surface area contributed by atoms with Gasteiger partial charge in [0.15, 0.2) is 5.69 Å². The second kappa shape index (κ2) is 15.4. The second-order valence-corrected chi connectivity index (χ2v) is 11.9. The molecule has 4 rings (SSSR count). The van der Waals surface area contributed by atoms with E-state index in [0.717, 1.165) is 25.1 Å². The third-order valence-electron chi connectivity index (χ3n) is 6.98. The quantitative estimate of drug-likeness (QED) is 0.225. The lowest BCUT2D eigenvalue weighted by atomic mass is 10.1. The summed E-state index contributed by atoms with van der Waals surface area (Å²) in [6.45, 7) is 9.46. The Balaban J connectivity index is 0.000000211. The zero-order valence-electron chi connectivity index (χ0n) is 23.3. The number of hydrogen-bond donors (Lipinski definition) is 3. The molecule has 2 fully saturated rings. The lowest BCUT2D eigenvalue weighted by Gasteiger charge is -2.38. The molecule has 0 atom stereocenters. The normalized spacial score (nSPS) is 15.5. The molecule has 38 heavy (non-hydrogen) atoms. The highest BCUT2D eigenvalue weighted by Gasteiger charge is 2.29. The number of aliphatic hydroxyl groups excluding tert-OH is 1. The van der Waals surface area contributed by atoms with E-state index in [1.807, 2.05) is 11.1 Å². The Kier molecular flexibility index (Phi) is 12.3. The van der Waals surface area contributed by atoms with Gasteiger partial charge in [0.2, 0.25) is 5.88 Å². The summed E-state index contributed by atoms with van der Waals surface area (Å²) in [5, 5.41) is 25.2. The van der Waals surface area contributed by atoms with Gasteiger partial charge < -0.3 is 25.2 Å². The molecule has 9 heteroatoms. The lowest BCUT2D eigenvalue weighted by Crippen LogP contribution is -2.51. The highest BCUT2D eigenvalue weighted by Crippen LogP contribution is 2.34. The minimum atomic E-state index is -1.06. The molecule has 2 aromatic rings. The molecule has 0 amide bonds. The highest BCUT2D eigenvalue weighted by molar-refractivity contribution is 7.09. The maximum absolute atomic E-state index is 10.9. The number of carboxylic acids is 1. The van der Waals surface area contributed by atoms with Crippen molar-refractivity contribution in [3.63, 3.8) is 0 Å². The number of unbranched alkanes of at least 4 members (excludes halogenated alkanes) is 7. The fraction of sp³-hybridized carbons (Fsp3) is 0.690. The van der Waals surface area contributed by atoms with E-state index < -0.39 is 5.97 Å². The van der Waals surface area contributed by atoms with Gasteiger partial charge in [-0.25, -0.2) is 14.8 Å². The SMILES string of the molecule is CCCCCCCCCCNC(C)(C)c1nccs1.O=C(O)c1ccc(N2CC(O)C2)c(OCC2CC2)n1. The van der Waals surface area contributed by atoms with E-state index >= 15 is 0 Å². The third-order valence-corrected chi connectivity index (χ3v) is 8.08. The number of aliphatic hydroxyl groups is 1. The van der Waals surface area contributed by atoms with Gasteiger partial charge in [0.25, 0.3) is 0 Å². The molecule has 0 radical (unpaired) electrons. The van der Waals surface area contributed by atoms with Gasteiger partial charge in [-0.15, -0.1) is 11.3 Å². The Hall–Kier alpha value is -2.23. The highest BCUT2D eigenvalue weighted by atomic mass is 32.1. The first kappa shape index (κ1) is 30.3. The van der Waals surface area contributed by atoms with Gasteiger partial charge >= 0.3 is 5.97 Å². The molecule has 1 saturated carbocycles. The van der Waals surface area contributed by atoms with Gasteiger partial charge in [0.05, 0.1) is 18.2 Å². The summed E-state index contributed by atoms with van der Waals surface area (Å²) in [5.41, 5.74) is 0.765. The predicted molar refractivity (Wildman–Crippen MR) is 153 cm³/mol. The van der Waals surface area contributed by atoms with Crippen LogP contribution in [0.15, 0.2) is 23.7 Å². The largest absolute Gasteiger partial charge is 0.477 e. The number of hydrogen-bond acceptors (Lipinski definition) is 8. The Labute approximate surface area is 231 Å². The molecule has 0 spiro atoms. The van der Waals surface area contributed by atoms with Crippen LogP contribution in [0.25, 0.3) is 0 Å². The topological polar surface area (TPSA) is 108 Å². The lowest BCUT2D eigenvalue weighted by molar-refractivity contribution is 0.0689. The molecule has 0 aromatic carbocycles. The number of ether oxygens (including phenoxy) is 1. The number of pyridine rings is 1. The van der Waals surface area contributed by atoms with Crippen LogP contribution in [0.4, 0.5) is 5.69 Å². The van der Waals surface area contributed by atoms with Gasteiger partial charge in [-0.2, -0.15) is 0 Å². The predicted octanol–water partition coefficient (Wildman–Crippen LogP) is 5.86. The summed E-state index contributed by atoms with van der Waals surface area (Å²) < 4.78 is 5.65. The van der Waals surface area contributed by atoms with Crippen LogP contribution in [0.5, 0.6) is 5.88 Å². The van der Waals surface area contributed by atoms with E-state index in [2.05, 4.69) is 41.4 Å². The Morgan fingerprint density at radius 2 is 1.82 bits per heavy atom. The molecule has 2 aromatic heterocycles. The van der Waals surface area contributed by atoms with Crippen molar-refractivity contribution < 1.29 is 19.7 Å². The van der Waals surface area contributed by atoms with E-state index in [-0.39, 0.29) is 17.3 Å². The molecule has 3 heterocycles. The van der Waals surface area contributed by atoms with Crippen LogP contribution in [0, 0.1) is 5.92 Å². The third kappa shape index (κ3) is 10.2. The van der Waals surface area contributed by atoms with Crippen LogP contribution in [-0.2, 0) is 5.54 Å². The van der Waals surface area contributed by atoms with Crippen molar-refractivity contribution in [1.29, 1.82) is 0 Å². The summed E-state index contributed by atoms with van der Waals surface area (Å²) in [6, 6.07) is 3.16. The molecular weight excluding hydrogens is 500 g/mol. The number of nitrogens with one attached hydrogen (secondary N) is 1. The summed E-state index contributed by atoms with van der Waals surface area (Å²) in [5.74, 6) is -0.129. The zero-order chi connectivity index (χ0) is 27.4. The summed E-state index contributed by atoms with van der Waals surface area (Å²) >= 11 is 1.74. The first-order chi connectivity index (χ1) is 18.3. The smallest absolute Gasteiger partial charge is 0.354 e. The van der Waals surface area contributed by atoms with Crippen LogP contribution >= 0.6 is 11.3 Å². The number of nitrogens with zero attached hydrogens (tertiary/aromatic N) is 3. The molecule has 0 unspecified atom stereocenters. The molecule has 8 nitrogen and oxygen atoms in total. The maximum atomic E-state index is 10.9. The van der Waals surface area contributed by atoms with Crippen molar-refractivity contribution in [2.75, 3.05) is 31.1 Å². The second-order valence-electron chi connectivity index (χ2n) is 11.0. The fourth-order valence-electron chi connectivity index (χ4n) is 4.30. The molecule has 1 aliphatic heterocycles. The maximum Gasteiger partial charge on any atom is 0.354 e. The van der Waals surface area contributed by atoms with E-state index in [9.17, 15) is 9.90 Å². The number of anilines is 1. The van der Waals surface area contributed by atoms with Gasteiger partial charge in [0.1, 0.15) is 10.7 Å². The van der Waals surface area contributed by atoms with Crippen LogP contribution in [0.3, 0.4) is 0 Å². The van der Waals surface area contributed by atoms with Crippen molar-refractivity contribution in [1.82, 2.24) is 15.3 Å². The van der Waals surface area contributed by atoms with Gasteiger partial charge in [-0.05, 0) is 57.7 Å². The van der Waals surface area contributed by atoms with Gasteiger partial charge in [-0.1, -0.05) is 51.9 Å². The van der Waals surface area contributed by atoms with Crippen LogP contribution in [-0.4, -0.2) is 58.5 Å². The van der Waals surface area contributed by atoms with Crippen molar-refractivity contribution in [3.05, 3.63) is 34.4 Å². The zero-order valence-corrected chi connectivity index (χ0v) is 24.1. The van der Waals surface area contributed by atoms with Crippen molar-refractivity contribution >= 4 is 23.0 Å². The van der Waals surface area contributed by atoms with Crippen LogP contribution < -0.4 is 15.0 Å². The van der Waals surface area contributed by atoms with Gasteiger partial charge in [0, 0.05) is 24.7 Å². The van der Waals surface area contributed by atoms with Crippen molar-refractivity contribution in [2.24, 2.45) is 5.92 Å². The number of carbonyl (C=O) groups is 1. The first-order valence-electron chi connectivity index (χ1n) is 14.2. The average Bonchev–Trinajstić information content (AvgIpc) is 3.53. The molecule has 1 aliphatic carbocycles. The number of aromatic nitrogens is 2. The summed E-state index contributed by atoms with van der Waals surface area (Å²) in [4.78, 5) is 21.3. The molecule has 3 N–H and O–H groups in total. The number of β-amino-alcohol motifs (C(OH)–C–C–N with tert-alkyl or cyclic N) is 1. The monoisotopic (exact) mass is 546 g/mol. The molecule has 0 bridgehead atoms. The fourth-order valence-corrected chi connectivity index (χ4v) is 5.04. The van der Waals surface area contributed by atoms with Crippen LogP contribution in [0.2, 0.25) is 0 Å². The van der Waals surface area contributed by atoms with E-state index in [4.69, 9.17) is 9.84 Å². The molecule has 212 valence electrons. The van der Waals surface area contributed by atoms with Crippen molar-refractivity contribution in [3.8, 4) is 5.88 Å².